The van der Waals surface area contributed by atoms with Crippen molar-refractivity contribution in [1.82, 2.24) is 10.2 Å². The molecule has 1 N–H and O–H groups in total. The quantitative estimate of drug-likeness (QED) is 0.413. The smallest absolute Gasteiger partial charge is 0.264 e. The van der Waals surface area contributed by atoms with Crippen LogP contribution in [0.15, 0.2) is 57.3 Å². The van der Waals surface area contributed by atoms with Crippen molar-refractivity contribution in [2.45, 2.75) is 10.1 Å². The van der Waals surface area contributed by atoms with E-state index in [0.717, 1.165) is 0 Å². The van der Waals surface area contributed by atoms with Crippen LogP contribution in [-0.2, 0) is 10.5 Å². The van der Waals surface area contributed by atoms with E-state index in [2.05, 4.69) is 31.4 Å². The fourth-order valence-corrected chi connectivity index (χ4v) is 4.01. The lowest BCUT2D eigenvalue weighted by Gasteiger charge is -2.04. The number of amides is 1. The van der Waals surface area contributed by atoms with Gasteiger partial charge in [-0.2, -0.15) is 0 Å². The van der Waals surface area contributed by atoms with Crippen molar-refractivity contribution in [1.29, 1.82) is 0 Å². The Morgan fingerprint density at radius 2 is 2.04 bits per heavy atom. The number of benzene rings is 2. The molecule has 0 aliphatic heterocycles. The van der Waals surface area contributed by atoms with Gasteiger partial charge in [0, 0.05) is 10.2 Å². The Balaban J connectivity index is 1.48. The number of rotatable bonds is 7. The molecular formula is C17H13BrFN3O2S2. The first-order chi connectivity index (χ1) is 12.6. The van der Waals surface area contributed by atoms with Crippen LogP contribution in [0.4, 0.5) is 9.52 Å². The zero-order valence-corrected chi connectivity index (χ0v) is 16.5. The standard InChI is InChI=1S/C17H13BrFN3O2S2/c18-12-7-6-11(14(19)8-12)10-25-17-22-21-16(26-17)20-15(23)9-24-13-4-2-1-3-5-13/h1-8H,9-10H2,(H,20,21,23). The summed E-state index contributed by atoms with van der Waals surface area (Å²) in [4.78, 5) is 11.9. The molecule has 9 heteroatoms. The monoisotopic (exact) mass is 453 g/mol. The maximum absolute atomic E-state index is 13.8. The summed E-state index contributed by atoms with van der Waals surface area (Å²) in [6.07, 6.45) is 0. The minimum absolute atomic E-state index is 0.115. The van der Waals surface area contributed by atoms with Gasteiger partial charge in [0.15, 0.2) is 10.9 Å². The van der Waals surface area contributed by atoms with Crippen molar-refractivity contribution >= 4 is 50.1 Å². The minimum Gasteiger partial charge on any atom is -0.484 e. The lowest BCUT2D eigenvalue weighted by Crippen LogP contribution is -2.20. The third-order valence-corrected chi connectivity index (χ3v) is 5.65. The van der Waals surface area contributed by atoms with Crippen LogP contribution in [0.1, 0.15) is 5.56 Å². The number of para-hydroxylation sites is 1. The fourth-order valence-electron chi connectivity index (χ4n) is 1.92. The number of anilines is 1. The highest BCUT2D eigenvalue weighted by molar-refractivity contribution is 9.10. The van der Waals surface area contributed by atoms with Crippen LogP contribution in [0.25, 0.3) is 0 Å². The molecule has 0 unspecified atom stereocenters. The largest absolute Gasteiger partial charge is 0.484 e. The van der Waals surface area contributed by atoms with Gasteiger partial charge in [-0.1, -0.05) is 63.3 Å². The lowest BCUT2D eigenvalue weighted by molar-refractivity contribution is -0.118. The van der Waals surface area contributed by atoms with Crippen molar-refractivity contribution in [2.75, 3.05) is 11.9 Å². The van der Waals surface area contributed by atoms with Crippen molar-refractivity contribution in [3.63, 3.8) is 0 Å². The van der Waals surface area contributed by atoms with Crippen LogP contribution in [-0.4, -0.2) is 22.7 Å². The first-order valence-corrected chi connectivity index (χ1v) is 10.1. The van der Waals surface area contributed by atoms with E-state index < -0.39 is 0 Å². The maximum Gasteiger partial charge on any atom is 0.264 e. The fraction of sp³-hybridized carbons (Fsp3) is 0.118. The molecule has 0 saturated heterocycles. The van der Waals surface area contributed by atoms with E-state index in [4.69, 9.17) is 4.74 Å². The molecule has 3 rings (SSSR count). The third kappa shape index (κ3) is 5.52. The molecule has 134 valence electrons. The van der Waals surface area contributed by atoms with Gasteiger partial charge in [0.2, 0.25) is 5.13 Å². The van der Waals surface area contributed by atoms with Crippen LogP contribution in [0.3, 0.4) is 0 Å². The molecule has 1 amide bonds. The molecule has 26 heavy (non-hydrogen) atoms. The van der Waals surface area contributed by atoms with E-state index in [0.29, 0.717) is 31.0 Å². The second-order valence-electron chi connectivity index (χ2n) is 5.05. The summed E-state index contributed by atoms with van der Waals surface area (Å²) >= 11 is 5.82. The Hall–Kier alpha value is -1.97. The highest BCUT2D eigenvalue weighted by Gasteiger charge is 2.11. The summed E-state index contributed by atoms with van der Waals surface area (Å²) in [5.41, 5.74) is 0.579. The van der Waals surface area contributed by atoms with Gasteiger partial charge in [-0.25, -0.2) is 4.39 Å². The summed E-state index contributed by atoms with van der Waals surface area (Å²) in [5.74, 6) is 0.454. The third-order valence-electron chi connectivity index (χ3n) is 3.13. The summed E-state index contributed by atoms with van der Waals surface area (Å²) in [5, 5.41) is 10.9. The molecule has 1 aromatic heterocycles. The molecule has 3 aromatic rings. The predicted octanol–water partition coefficient (Wildman–Crippen LogP) is 4.75. The zero-order chi connectivity index (χ0) is 18.4. The molecule has 2 aromatic carbocycles. The van der Waals surface area contributed by atoms with Crippen LogP contribution in [0.2, 0.25) is 0 Å². The molecule has 1 heterocycles. The molecule has 0 atom stereocenters. The number of aromatic nitrogens is 2. The molecule has 0 bridgehead atoms. The van der Waals surface area contributed by atoms with Crippen molar-refractivity contribution < 1.29 is 13.9 Å². The summed E-state index contributed by atoms with van der Waals surface area (Å²) in [6.45, 7) is -0.115. The number of halogens is 2. The number of hydrogen-bond acceptors (Lipinski definition) is 6. The van der Waals surface area contributed by atoms with E-state index in [1.165, 1.54) is 29.2 Å². The second kappa shape index (κ2) is 9.11. The Labute approximate surface area is 166 Å². The number of ether oxygens (including phenoxy) is 1. The van der Waals surface area contributed by atoms with E-state index >= 15 is 0 Å². The number of hydrogen-bond donors (Lipinski definition) is 1. The summed E-state index contributed by atoms with van der Waals surface area (Å²) < 4.78 is 20.5. The maximum atomic E-state index is 13.8. The Morgan fingerprint density at radius 1 is 1.23 bits per heavy atom. The van der Waals surface area contributed by atoms with E-state index in [-0.39, 0.29) is 18.3 Å². The van der Waals surface area contributed by atoms with Crippen molar-refractivity contribution in [3.8, 4) is 5.75 Å². The highest BCUT2D eigenvalue weighted by Crippen LogP contribution is 2.29. The van der Waals surface area contributed by atoms with Gasteiger partial charge in [0.25, 0.3) is 5.91 Å². The van der Waals surface area contributed by atoms with Gasteiger partial charge < -0.3 is 4.74 Å². The van der Waals surface area contributed by atoms with Crippen molar-refractivity contribution in [2.24, 2.45) is 0 Å². The van der Waals surface area contributed by atoms with Crippen LogP contribution in [0.5, 0.6) is 5.75 Å². The van der Waals surface area contributed by atoms with Gasteiger partial charge in [0.05, 0.1) is 0 Å². The summed E-state index contributed by atoms with van der Waals surface area (Å²) in [7, 11) is 0. The van der Waals surface area contributed by atoms with Gasteiger partial charge in [0.1, 0.15) is 11.6 Å². The van der Waals surface area contributed by atoms with E-state index in [9.17, 15) is 9.18 Å². The lowest BCUT2D eigenvalue weighted by atomic mass is 10.2. The first-order valence-electron chi connectivity index (χ1n) is 7.48. The number of nitrogens with one attached hydrogen (secondary N) is 1. The molecule has 5 nitrogen and oxygen atoms in total. The number of nitrogens with zero attached hydrogens (tertiary/aromatic N) is 2. The minimum atomic E-state index is -0.319. The normalized spacial score (nSPS) is 10.5. The zero-order valence-electron chi connectivity index (χ0n) is 13.3. The first kappa shape index (κ1) is 18.8. The number of carbonyl (C=O) groups excluding carboxylic acids is 1. The molecule has 0 aliphatic carbocycles. The SMILES string of the molecule is O=C(COc1ccccc1)Nc1nnc(SCc2ccc(Br)cc2F)s1. The molecular weight excluding hydrogens is 441 g/mol. The van der Waals surface area contributed by atoms with Crippen LogP contribution >= 0.6 is 39.0 Å². The predicted molar refractivity (Wildman–Crippen MR) is 104 cm³/mol. The number of thioether (sulfide) groups is 1. The highest BCUT2D eigenvalue weighted by atomic mass is 79.9. The Bertz CT molecular complexity index is 893. The summed E-state index contributed by atoms with van der Waals surface area (Å²) in [6, 6.07) is 14.0. The average Bonchev–Trinajstić information content (AvgIpc) is 3.07. The van der Waals surface area contributed by atoms with Crippen LogP contribution < -0.4 is 10.1 Å². The number of carbonyl (C=O) groups is 1. The molecule has 0 fully saturated rings. The Morgan fingerprint density at radius 3 is 2.81 bits per heavy atom. The molecule has 0 aliphatic rings. The van der Waals surface area contributed by atoms with Gasteiger partial charge in [-0.3, -0.25) is 10.1 Å². The van der Waals surface area contributed by atoms with E-state index in [1.807, 2.05) is 18.2 Å². The van der Waals surface area contributed by atoms with Crippen LogP contribution in [0, 0.1) is 5.82 Å². The molecule has 0 saturated carbocycles. The van der Waals surface area contributed by atoms with E-state index in [1.54, 1.807) is 24.3 Å². The average molecular weight is 454 g/mol. The molecule has 0 spiro atoms. The van der Waals surface area contributed by atoms with Crippen molar-refractivity contribution in [3.05, 3.63) is 64.4 Å². The van der Waals surface area contributed by atoms with Gasteiger partial charge in [-0.15, -0.1) is 10.2 Å². The topological polar surface area (TPSA) is 64.1 Å². The van der Waals surface area contributed by atoms with Gasteiger partial charge in [-0.05, 0) is 29.8 Å². The second-order valence-corrected chi connectivity index (χ2v) is 8.16. The Kier molecular flexibility index (Phi) is 6.59. The molecule has 0 radical (unpaired) electrons. The van der Waals surface area contributed by atoms with Gasteiger partial charge >= 0.3 is 0 Å².